The Morgan fingerprint density at radius 2 is 1.92 bits per heavy atom. The molecule has 1 N–H and O–H groups in total. The summed E-state index contributed by atoms with van der Waals surface area (Å²) in [6.07, 6.45) is 2.49. The second kappa shape index (κ2) is 7.77. The van der Waals surface area contributed by atoms with Crippen LogP contribution in [0.4, 0.5) is 0 Å². The molecule has 6 heteroatoms. The molecule has 0 aliphatic heterocycles. The van der Waals surface area contributed by atoms with Crippen LogP contribution in [-0.4, -0.2) is 27.2 Å². The first-order valence-electron chi connectivity index (χ1n) is 8.07. The summed E-state index contributed by atoms with van der Waals surface area (Å²) in [6, 6.07) is 13.3. The van der Waals surface area contributed by atoms with Gasteiger partial charge < -0.3 is 5.32 Å². The van der Waals surface area contributed by atoms with Gasteiger partial charge in [-0.05, 0) is 72.7 Å². The minimum Gasteiger partial charge on any atom is -0.352 e. The largest absolute Gasteiger partial charge is 0.352 e. The average molecular weight is 446 g/mol. The van der Waals surface area contributed by atoms with E-state index in [1.54, 1.807) is 6.20 Å². The standard InChI is InChI=1S/C19H19IN4O/c1-13-15(14(2)24(23-13)18-9-5-6-11-21-18)10-12-22-19(25)16-7-3-4-8-17(16)20/h3-9,11H,10,12H2,1-2H3,(H,22,25). The maximum absolute atomic E-state index is 12.3. The molecule has 0 radical (unpaired) electrons. The molecule has 0 aliphatic carbocycles. The van der Waals surface area contributed by atoms with E-state index in [9.17, 15) is 4.79 Å². The number of nitrogens with zero attached hydrogens (tertiary/aromatic N) is 3. The quantitative estimate of drug-likeness (QED) is 0.611. The summed E-state index contributed by atoms with van der Waals surface area (Å²) in [5, 5.41) is 7.59. The summed E-state index contributed by atoms with van der Waals surface area (Å²) in [4.78, 5) is 16.7. The number of amides is 1. The van der Waals surface area contributed by atoms with Crippen LogP contribution >= 0.6 is 22.6 Å². The van der Waals surface area contributed by atoms with E-state index in [1.165, 1.54) is 0 Å². The third-order valence-electron chi connectivity index (χ3n) is 4.09. The predicted molar refractivity (Wildman–Crippen MR) is 106 cm³/mol. The summed E-state index contributed by atoms with van der Waals surface area (Å²) < 4.78 is 2.81. The predicted octanol–water partition coefficient (Wildman–Crippen LogP) is 3.46. The van der Waals surface area contributed by atoms with Gasteiger partial charge in [0, 0.05) is 22.0 Å². The first-order chi connectivity index (χ1) is 12.1. The average Bonchev–Trinajstić information content (AvgIpc) is 2.91. The number of hydrogen-bond acceptors (Lipinski definition) is 3. The summed E-state index contributed by atoms with van der Waals surface area (Å²) in [7, 11) is 0. The molecule has 25 heavy (non-hydrogen) atoms. The van der Waals surface area contributed by atoms with Gasteiger partial charge >= 0.3 is 0 Å². The van der Waals surface area contributed by atoms with E-state index in [0.717, 1.165) is 32.8 Å². The van der Waals surface area contributed by atoms with Crippen molar-refractivity contribution in [3.05, 3.63) is 74.7 Å². The minimum atomic E-state index is -0.0441. The van der Waals surface area contributed by atoms with Crippen LogP contribution in [0.1, 0.15) is 27.3 Å². The number of pyridine rings is 1. The third-order valence-corrected chi connectivity index (χ3v) is 5.03. The normalized spacial score (nSPS) is 10.7. The van der Waals surface area contributed by atoms with Gasteiger partial charge in [-0.2, -0.15) is 5.10 Å². The van der Waals surface area contributed by atoms with Crippen LogP contribution in [0.3, 0.4) is 0 Å². The van der Waals surface area contributed by atoms with Crippen LogP contribution in [0.2, 0.25) is 0 Å². The van der Waals surface area contributed by atoms with Crippen LogP contribution in [0.15, 0.2) is 48.7 Å². The van der Waals surface area contributed by atoms with Crippen LogP contribution in [0, 0.1) is 17.4 Å². The van der Waals surface area contributed by atoms with E-state index in [2.05, 4.69) is 38.0 Å². The highest BCUT2D eigenvalue weighted by molar-refractivity contribution is 14.1. The fraction of sp³-hybridized carbons (Fsp3) is 0.211. The fourth-order valence-electron chi connectivity index (χ4n) is 2.78. The van der Waals surface area contributed by atoms with Crippen LogP contribution in [0.25, 0.3) is 5.82 Å². The molecule has 1 amide bonds. The number of hydrogen-bond donors (Lipinski definition) is 1. The summed E-state index contributed by atoms with van der Waals surface area (Å²) in [6.45, 7) is 4.59. The van der Waals surface area contributed by atoms with Crippen LogP contribution in [0.5, 0.6) is 0 Å². The maximum atomic E-state index is 12.3. The Labute approximate surface area is 160 Å². The number of carbonyl (C=O) groups excluding carboxylic acids is 1. The van der Waals surface area contributed by atoms with Gasteiger partial charge in [-0.1, -0.05) is 18.2 Å². The number of benzene rings is 1. The lowest BCUT2D eigenvalue weighted by Crippen LogP contribution is -2.26. The van der Waals surface area contributed by atoms with Crippen LogP contribution in [-0.2, 0) is 6.42 Å². The molecule has 0 spiro atoms. The number of aromatic nitrogens is 3. The molecule has 2 heterocycles. The second-order valence-corrected chi connectivity index (χ2v) is 6.90. The number of aryl methyl sites for hydroxylation is 1. The van der Waals surface area contributed by atoms with Gasteiger partial charge in [0.25, 0.3) is 5.91 Å². The Morgan fingerprint density at radius 3 is 2.64 bits per heavy atom. The number of nitrogens with one attached hydrogen (secondary N) is 1. The molecule has 0 fully saturated rings. The molecule has 0 atom stereocenters. The van der Waals surface area contributed by atoms with Crippen molar-refractivity contribution in [1.82, 2.24) is 20.1 Å². The number of halogens is 1. The van der Waals surface area contributed by atoms with E-state index in [-0.39, 0.29) is 5.91 Å². The Balaban J connectivity index is 1.69. The van der Waals surface area contributed by atoms with Gasteiger partial charge in [0.1, 0.15) is 0 Å². The molecule has 0 bridgehead atoms. The molecule has 1 aromatic carbocycles. The highest BCUT2D eigenvalue weighted by atomic mass is 127. The van der Waals surface area contributed by atoms with Crippen molar-refractivity contribution in [3.63, 3.8) is 0 Å². The molecule has 5 nitrogen and oxygen atoms in total. The summed E-state index contributed by atoms with van der Waals surface area (Å²) in [5.41, 5.74) is 3.88. The van der Waals surface area contributed by atoms with E-state index < -0.39 is 0 Å². The first kappa shape index (κ1) is 17.6. The lowest BCUT2D eigenvalue weighted by molar-refractivity contribution is 0.0953. The van der Waals surface area contributed by atoms with Crippen molar-refractivity contribution < 1.29 is 4.79 Å². The molecule has 0 aliphatic rings. The molecule has 3 aromatic rings. The molecule has 0 saturated heterocycles. The third kappa shape index (κ3) is 3.89. The summed E-state index contributed by atoms with van der Waals surface area (Å²) >= 11 is 2.18. The smallest absolute Gasteiger partial charge is 0.252 e. The zero-order chi connectivity index (χ0) is 17.8. The Hall–Kier alpha value is -2.22. The molecule has 0 saturated carbocycles. The second-order valence-electron chi connectivity index (χ2n) is 5.73. The van der Waals surface area contributed by atoms with Crippen molar-refractivity contribution in [1.29, 1.82) is 0 Å². The highest BCUT2D eigenvalue weighted by Gasteiger charge is 2.14. The van der Waals surface area contributed by atoms with Gasteiger partial charge in [-0.15, -0.1) is 0 Å². The van der Waals surface area contributed by atoms with Gasteiger partial charge in [0.15, 0.2) is 5.82 Å². The van der Waals surface area contributed by atoms with Crippen molar-refractivity contribution in [2.45, 2.75) is 20.3 Å². The van der Waals surface area contributed by atoms with Crippen molar-refractivity contribution in [2.24, 2.45) is 0 Å². The van der Waals surface area contributed by atoms with E-state index in [4.69, 9.17) is 0 Å². The molecule has 2 aromatic heterocycles. The zero-order valence-corrected chi connectivity index (χ0v) is 16.3. The van der Waals surface area contributed by atoms with E-state index in [1.807, 2.05) is 61.0 Å². The molecule has 3 rings (SSSR count). The molecular formula is C19H19IN4O. The van der Waals surface area contributed by atoms with Crippen molar-refractivity contribution >= 4 is 28.5 Å². The highest BCUT2D eigenvalue weighted by Crippen LogP contribution is 2.17. The van der Waals surface area contributed by atoms with Gasteiger partial charge in [-0.25, -0.2) is 9.67 Å². The van der Waals surface area contributed by atoms with Gasteiger partial charge in [-0.3, -0.25) is 4.79 Å². The maximum Gasteiger partial charge on any atom is 0.252 e. The SMILES string of the molecule is Cc1nn(-c2ccccn2)c(C)c1CCNC(=O)c1ccccc1I. The number of rotatable bonds is 5. The van der Waals surface area contributed by atoms with E-state index in [0.29, 0.717) is 12.1 Å². The van der Waals surface area contributed by atoms with Gasteiger partial charge in [0.05, 0.1) is 11.3 Å². The molecule has 128 valence electrons. The topological polar surface area (TPSA) is 59.8 Å². The van der Waals surface area contributed by atoms with Crippen molar-refractivity contribution in [2.75, 3.05) is 6.54 Å². The Bertz CT molecular complexity index is 890. The Kier molecular flexibility index (Phi) is 5.47. The van der Waals surface area contributed by atoms with Crippen LogP contribution < -0.4 is 5.32 Å². The molecule has 0 unspecified atom stereocenters. The van der Waals surface area contributed by atoms with Gasteiger partial charge in [0.2, 0.25) is 0 Å². The van der Waals surface area contributed by atoms with E-state index >= 15 is 0 Å². The minimum absolute atomic E-state index is 0.0441. The number of carbonyl (C=O) groups is 1. The summed E-state index contributed by atoms with van der Waals surface area (Å²) in [5.74, 6) is 0.759. The lowest BCUT2D eigenvalue weighted by atomic mass is 10.1. The lowest BCUT2D eigenvalue weighted by Gasteiger charge is -2.08. The monoisotopic (exact) mass is 446 g/mol. The Morgan fingerprint density at radius 1 is 1.16 bits per heavy atom. The molecular weight excluding hydrogens is 427 g/mol. The fourth-order valence-corrected chi connectivity index (χ4v) is 3.41. The first-order valence-corrected chi connectivity index (χ1v) is 9.15. The zero-order valence-electron chi connectivity index (χ0n) is 14.2. The van der Waals surface area contributed by atoms with Crippen molar-refractivity contribution in [3.8, 4) is 5.82 Å².